The molecule has 0 radical (unpaired) electrons. The summed E-state index contributed by atoms with van der Waals surface area (Å²) in [5.74, 6) is -4.91. The molecule has 0 saturated heterocycles. The van der Waals surface area contributed by atoms with E-state index in [1.807, 2.05) is 0 Å². The molecule has 0 unspecified atom stereocenters. The first kappa shape index (κ1) is 22.6. The van der Waals surface area contributed by atoms with E-state index in [1.54, 1.807) is 0 Å². The Morgan fingerprint density at radius 3 is 0.905 bits per heavy atom. The Morgan fingerprint density at radius 2 is 0.762 bits per heavy atom. The van der Waals surface area contributed by atoms with E-state index >= 15 is 0 Å². The van der Waals surface area contributed by atoms with E-state index in [9.17, 15) is 19.2 Å². The van der Waals surface area contributed by atoms with E-state index in [-0.39, 0.29) is 58.6 Å². The molecular weight excluding hydrogens is 364 g/mol. The predicted molar refractivity (Wildman–Crippen MR) is 72.0 cm³/mol. The Bertz CT molecular complexity index is 321. The van der Waals surface area contributed by atoms with Crippen molar-refractivity contribution in [2.24, 2.45) is 0 Å². The average molecular weight is 382 g/mol. The van der Waals surface area contributed by atoms with Gasteiger partial charge in [0.05, 0.1) is 26.2 Å². The fraction of sp³-hybridized carbons (Fsp3) is 0.600. The van der Waals surface area contributed by atoms with Gasteiger partial charge < -0.3 is 20.4 Å². The average Bonchev–Trinajstić information content (AvgIpc) is 2.22. The van der Waals surface area contributed by atoms with Gasteiger partial charge in [-0.25, -0.2) is 0 Å². The van der Waals surface area contributed by atoms with E-state index < -0.39 is 50.1 Å². The minimum absolute atomic E-state index is 0. The molecule has 0 heterocycles. The number of rotatable bonds is 11. The summed E-state index contributed by atoms with van der Waals surface area (Å²) in [5.41, 5.74) is 0. The van der Waals surface area contributed by atoms with Crippen LogP contribution < -0.4 is 0 Å². The summed E-state index contributed by atoms with van der Waals surface area (Å²) in [7, 11) is 0. The maximum atomic E-state index is 10.6. The predicted octanol–water partition coefficient (Wildman–Crippen LogP) is -2.99. The van der Waals surface area contributed by atoms with Crippen LogP contribution in [0.1, 0.15) is 0 Å². The summed E-state index contributed by atoms with van der Waals surface area (Å²) in [6.45, 7) is -2.25. The van der Waals surface area contributed by atoms with E-state index in [2.05, 4.69) is 0 Å². The van der Waals surface area contributed by atoms with Gasteiger partial charge in [-0.2, -0.15) is 0 Å². The zero-order valence-corrected chi connectivity index (χ0v) is 10.6. The third-order valence-corrected chi connectivity index (χ3v) is 2.17. The number of hydrogen-bond acceptors (Lipinski definition) is 6. The number of aliphatic carboxylic acids is 4. The molecule has 0 rings (SSSR count). The quantitative estimate of drug-likeness (QED) is 0.272. The van der Waals surface area contributed by atoms with Gasteiger partial charge in [-0.3, -0.25) is 29.0 Å². The second-order valence-corrected chi connectivity index (χ2v) is 4.00. The fourth-order valence-electron chi connectivity index (χ4n) is 1.48. The van der Waals surface area contributed by atoms with E-state index in [0.29, 0.717) is 0 Å². The summed E-state index contributed by atoms with van der Waals surface area (Å²) >= 11 is 0. The molecule has 0 bridgehead atoms. The molecule has 0 aliphatic heterocycles. The van der Waals surface area contributed by atoms with E-state index in [4.69, 9.17) is 20.4 Å². The second-order valence-electron chi connectivity index (χ2n) is 4.00. The second kappa shape index (κ2) is 11.9. The van der Waals surface area contributed by atoms with Crippen LogP contribution in [-0.4, -0.2) is 139 Å². The molecule has 0 aromatic rings. The molecule has 10 nitrogen and oxygen atoms in total. The van der Waals surface area contributed by atoms with Crippen LogP contribution in [0, 0.1) is 0 Å². The van der Waals surface area contributed by atoms with E-state index in [1.165, 1.54) is 0 Å². The van der Waals surface area contributed by atoms with Gasteiger partial charge in [-0.05, 0) is 0 Å². The van der Waals surface area contributed by atoms with Crippen molar-refractivity contribution >= 4 is 69.4 Å². The SMILES string of the molecule is O=C(O)CN(CCN(CC(=O)O)CC(=O)O)CC(=O)O.[SrH2]. The number of carboxylic acid groups (broad SMARTS) is 4. The first-order chi connectivity index (χ1) is 9.20. The molecule has 0 aliphatic rings. The van der Waals surface area contributed by atoms with Gasteiger partial charge in [-0.1, -0.05) is 0 Å². The first-order valence-electron chi connectivity index (χ1n) is 5.52. The molecule has 0 fully saturated rings. The molecular formula is C10H18N2O8Sr. The van der Waals surface area contributed by atoms with Crippen molar-refractivity contribution in [1.82, 2.24) is 9.80 Å². The van der Waals surface area contributed by atoms with Crippen molar-refractivity contribution in [2.45, 2.75) is 0 Å². The Kier molecular flexibility index (Phi) is 12.8. The van der Waals surface area contributed by atoms with Gasteiger partial charge in [0.25, 0.3) is 0 Å². The number of hydrogen-bond donors (Lipinski definition) is 4. The summed E-state index contributed by atoms with van der Waals surface area (Å²) in [5, 5.41) is 34.5. The van der Waals surface area contributed by atoms with Gasteiger partial charge in [0, 0.05) is 13.1 Å². The van der Waals surface area contributed by atoms with Crippen molar-refractivity contribution < 1.29 is 39.6 Å². The molecule has 11 heteroatoms. The van der Waals surface area contributed by atoms with Crippen LogP contribution in [-0.2, 0) is 19.2 Å². The normalized spacial score (nSPS) is 10.2. The van der Waals surface area contributed by atoms with Crippen LogP contribution in [0.5, 0.6) is 0 Å². The summed E-state index contributed by atoms with van der Waals surface area (Å²) in [6.07, 6.45) is 0. The van der Waals surface area contributed by atoms with Gasteiger partial charge in [0.1, 0.15) is 0 Å². The minimum atomic E-state index is -1.23. The van der Waals surface area contributed by atoms with Crippen LogP contribution >= 0.6 is 0 Å². The van der Waals surface area contributed by atoms with Gasteiger partial charge in [0.15, 0.2) is 0 Å². The van der Waals surface area contributed by atoms with Crippen LogP contribution in [0.25, 0.3) is 0 Å². The molecule has 21 heavy (non-hydrogen) atoms. The van der Waals surface area contributed by atoms with Crippen molar-refractivity contribution in [1.29, 1.82) is 0 Å². The molecule has 0 aliphatic carbocycles. The Morgan fingerprint density at radius 1 is 0.571 bits per heavy atom. The van der Waals surface area contributed by atoms with Crippen LogP contribution in [0.15, 0.2) is 0 Å². The monoisotopic (exact) mass is 382 g/mol. The molecule has 0 spiro atoms. The zero-order chi connectivity index (χ0) is 15.7. The molecule has 0 amide bonds. The fourth-order valence-corrected chi connectivity index (χ4v) is 1.48. The van der Waals surface area contributed by atoms with Crippen LogP contribution in [0.2, 0.25) is 0 Å². The molecule has 0 aromatic heterocycles. The zero-order valence-electron chi connectivity index (χ0n) is 10.6. The molecule has 0 aromatic carbocycles. The van der Waals surface area contributed by atoms with Gasteiger partial charge in [-0.15, -0.1) is 0 Å². The molecule has 4 N–H and O–H groups in total. The summed E-state index contributed by atoms with van der Waals surface area (Å²) < 4.78 is 0. The Labute approximate surface area is 157 Å². The third-order valence-electron chi connectivity index (χ3n) is 2.17. The van der Waals surface area contributed by atoms with Crippen LogP contribution in [0.3, 0.4) is 0 Å². The third kappa shape index (κ3) is 14.0. The first-order valence-corrected chi connectivity index (χ1v) is 5.52. The molecule has 0 saturated carbocycles. The molecule has 0 atom stereocenters. The number of carbonyl (C=O) groups is 4. The van der Waals surface area contributed by atoms with Crippen LogP contribution in [0.4, 0.5) is 0 Å². The van der Waals surface area contributed by atoms with E-state index in [0.717, 1.165) is 9.80 Å². The summed E-state index contributed by atoms with van der Waals surface area (Å²) in [4.78, 5) is 44.4. The molecule has 118 valence electrons. The van der Waals surface area contributed by atoms with Crippen molar-refractivity contribution in [3.05, 3.63) is 0 Å². The Balaban J connectivity index is 0. The topological polar surface area (TPSA) is 156 Å². The standard InChI is InChI=1S/C10H16N2O8.Sr.2H/c13-7(14)3-11(4-8(15)16)1-2-12(5-9(17)18)6-10(19)20;;;/h1-6H2,(H,13,14)(H,15,16)(H,17,18)(H,19,20);;;. The van der Waals surface area contributed by atoms with Crippen molar-refractivity contribution in [3.8, 4) is 0 Å². The summed E-state index contributed by atoms with van der Waals surface area (Å²) in [6, 6.07) is 0. The van der Waals surface area contributed by atoms with Gasteiger partial charge in [0.2, 0.25) is 0 Å². The van der Waals surface area contributed by atoms with Crippen molar-refractivity contribution in [3.63, 3.8) is 0 Å². The maximum absolute atomic E-state index is 10.6. The van der Waals surface area contributed by atoms with Crippen molar-refractivity contribution in [2.75, 3.05) is 39.3 Å². The Hall–Kier alpha value is -0.719. The van der Waals surface area contributed by atoms with Gasteiger partial charge >= 0.3 is 69.4 Å². The number of carboxylic acids is 4. The number of nitrogens with zero attached hydrogens (tertiary/aromatic N) is 2.